The van der Waals surface area contributed by atoms with E-state index in [0.29, 0.717) is 11.8 Å². The SMILES string of the molecule is Cc1ccc2c(c1[Si](C)(c1ccccc1)c1c(C)ccc3c1C=C1C=CC=CC13)C=C1C=CC=CC12. The van der Waals surface area contributed by atoms with Crippen molar-refractivity contribution in [2.24, 2.45) is 0 Å². The number of hydrogen-bond acceptors (Lipinski definition) is 0. The number of aryl methyl sites for hydroxylation is 2. The fourth-order valence-corrected chi connectivity index (χ4v) is 12.1. The lowest BCUT2D eigenvalue weighted by molar-refractivity contribution is 1.05. The smallest absolute Gasteiger partial charge is 0.0726 e. The molecule has 36 heavy (non-hydrogen) atoms. The second-order valence-corrected chi connectivity index (χ2v) is 14.6. The Hall–Kier alpha value is -3.68. The van der Waals surface area contributed by atoms with Crippen molar-refractivity contribution in [3.05, 3.63) is 148 Å². The summed E-state index contributed by atoms with van der Waals surface area (Å²) in [7, 11) is -2.39. The van der Waals surface area contributed by atoms with E-state index in [1.54, 1.807) is 10.4 Å². The fourth-order valence-electron chi connectivity index (χ4n) is 7.14. The van der Waals surface area contributed by atoms with Crippen LogP contribution in [0, 0.1) is 13.8 Å². The number of allylic oxidation sites excluding steroid dienone is 10. The van der Waals surface area contributed by atoms with E-state index in [1.165, 1.54) is 49.7 Å². The molecule has 0 amide bonds. The first-order chi connectivity index (χ1) is 17.6. The molecule has 0 N–H and O–H groups in total. The first-order valence-electron chi connectivity index (χ1n) is 13.0. The van der Waals surface area contributed by atoms with Gasteiger partial charge in [0.15, 0.2) is 0 Å². The second-order valence-electron chi connectivity index (χ2n) is 10.7. The molecule has 2 unspecified atom stereocenters. The van der Waals surface area contributed by atoms with Gasteiger partial charge in [-0.1, -0.05) is 133 Å². The Morgan fingerprint density at radius 2 is 1.08 bits per heavy atom. The molecule has 7 rings (SSSR count). The summed E-state index contributed by atoms with van der Waals surface area (Å²) in [5.74, 6) is 0.752. The van der Waals surface area contributed by atoms with Gasteiger partial charge in [0.2, 0.25) is 0 Å². The minimum absolute atomic E-state index is 0.376. The van der Waals surface area contributed by atoms with Gasteiger partial charge in [-0.25, -0.2) is 0 Å². The van der Waals surface area contributed by atoms with Crippen LogP contribution in [0.1, 0.15) is 45.2 Å². The van der Waals surface area contributed by atoms with Crippen molar-refractivity contribution in [2.45, 2.75) is 32.2 Å². The largest absolute Gasteiger partial charge is 0.147 e. The van der Waals surface area contributed by atoms with Crippen LogP contribution in [-0.2, 0) is 0 Å². The van der Waals surface area contributed by atoms with E-state index < -0.39 is 8.07 Å². The molecule has 1 heteroatoms. The van der Waals surface area contributed by atoms with Gasteiger partial charge >= 0.3 is 0 Å². The number of hydrogen-bond donors (Lipinski definition) is 0. The Labute approximate surface area is 215 Å². The zero-order chi connectivity index (χ0) is 24.4. The third kappa shape index (κ3) is 2.93. The summed E-state index contributed by atoms with van der Waals surface area (Å²) >= 11 is 0. The van der Waals surface area contributed by atoms with Crippen LogP contribution in [0.3, 0.4) is 0 Å². The number of benzene rings is 3. The van der Waals surface area contributed by atoms with E-state index in [0.717, 1.165) is 0 Å². The van der Waals surface area contributed by atoms with Crippen LogP contribution in [-0.4, -0.2) is 8.07 Å². The van der Waals surface area contributed by atoms with Crippen molar-refractivity contribution in [1.82, 2.24) is 0 Å². The van der Waals surface area contributed by atoms with Gasteiger partial charge < -0.3 is 0 Å². The van der Waals surface area contributed by atoms with Gasteiger partial charge in [0.25, 0.3) is 0 Å². The topological polar surface area (TPSA) is 0 Å². The standard InChI is InChI=1S/C35H30Si/c1-23-17-19-30-28-15-9-7-11-25(28)21-32(30)34(23)36(3,27-13-5-4-6-14-27)35-24(2)18-20-31-29-16-10-8-12-26(29)22-33(31)35/h4-22,28-29H,1-3H3. The Balaban J connectivity index is 1.58. The van der Waals surface area contributed by atoms with Crippen molar-refractivity contribution in [3.8, 4) is 0 Å². The Bertz CT molecular complexity index is 1500. The zero-order valence-corrected chi connectivity index (χ0v) is 22.1. The van der Waals surface area contributed by atoms with Crippen molar-refractivity contribution in [2.75, 3.05) is 0 Å². The molecule has 4 aliphatic rings. The molecule has 2 atom stereocenters. The van der Waals surface area contributed by atoms with Gasteiger partial charge in [-0.2, -0.15) is 0 Å². The summed E-state index contributed by atoms with van der Waals surface area (Å²) in [6.07, 6.45) is 23.0. The molecule has 0 aromatic heterocycles. The van der Waals surface area contributed by atoms with Crippen LogP contribution in [0.15, 0.2) is 114 Å². The molecule has 0 fully saturated rings. The van der Waals surface area contributed by atoms with Crippen molar-refractivity contribution in [1.29, 1.82) is 0 Å². The third-order valence-corrected chi connectivity index (χ3v) is 13.6. The minimum atomic E-state index is -2.39. The molecule has 3 aromatic carbocycles. The maximum absolute atomic E-state index is 2.60. The van der Waals surface area contributed by atoms with E-state index in [2.05, 4.69) is 136 Å². The number of fused-ring (bicyclic) bond motifs is 6. The Morgan fingerprint density at radius 1 is 0.583 bits per heavy atom. The predicted molar refractivity (Wildman–Crippen MR) is 157 cm³/mol. The van der Waals surface area contributed by atoms with Crippen LogP contribution in [0.4, 0.5) is 0 Å². The quantitative estimate of drug-likeness (QED) is 0.293. The molecular formula is C35H30Si. The summed E-state index contributed by atoms with van der Waals surface area (Å²) in [5, 5.41) is 4.63. The van der Waals surface area contributed by atoms with E-state index in [1.807, 2.05) is 0 Å². The van der Waals surface area contributed by atoms with Gasteiger partial charge in [0, 0.05) is 11.8 Å². The maximum atomic E-state index is 2.60. The molecule has 0 aliphatic heterocycles. The summed E-state index contributed by atoms with van der Waals surface area (Å²) < 4.78 is 0. The molecule has 0 spiro atoms. The van der Waals surface area contributed by atoms with Crippen molar-refractivity contribution >= 4 is 35.8 Å². The summed E-state index contributed by atoms with van der Waals surface area (Å²) in [6.45, 7) is 7.27. The Kier molecular flexibility index (Phi) is 4.74. The monoisotopic (exact) mass is 478 g/mol. The summed E-state index contributed by atoms with van der Waals surface area (Å²) in [5.41, 5.74) is 11.5. The molecule has 3 aromatic rings. The van der Waals surface area contributed by atoms with E-state index >= 15 is 0 Å². The van der Waals surface area contributed by atoms with Crippen LogP contribution in [0.5, 0.6) is 0 Å². The van der Waals surface area contributed by atoms with Crippen LogP contribution >= 0.6 is 0 Å². The molecular weight excluding hydrogens is 448 g/mol. The summed E-state index contributed by atoms with van der Waals surface area (Å²) in [4.78, 5) is 0. The molecule has 0 saturated heterocycles. The highest BCUT2D eigenvalue weighted by Crippen LogP contribution is 2.42. The normalized spacial score (nSPS) is 21.9. The van der Waals surface area contributed by atoms with Gasteiger partial charge in [0.1, 0.15) is 8.07 Å². The average molecular weight is 479 g/mol. The van der Waals surface area contributed by atoms with E-state index in [4.69, 9.17) is 0 Å². The minimum Gasteiger partial charge on any atom is -0.0726 e. The predicted octanol–water partition coefficient (Wildman–Crippen LogP) is 6.62. The zero-order valence-electron chi connectivity index (χ0n) is 21.1. The van der Waals surface area contributed by atoms with Gasteiger partial charge in [-0.15, -0.1) is 0 Å². The van der Waals surface area contributed by atoms with Gasteiger partial charge in [-0.3, -0.25) is 0 Å². The van der Waals surface area contributed by atoms with Crippen molar-refractivity contribution in [3.63, 3.8) is 0 Å². The maximum Gasteiger partial charge on any atom is 0.147 e. The number of rotatable bonds is 3. The highest BCUT2D eigenvalue weighted by molar-refractivity contribution is 7.11. The van der Waals surface area contributed by atoms with Gasteiger partial charge in [0.05, 0.1) is 0 Å². The second kappa shape index (κ2) is 7.91. The summed E-state index contributed by atoms with van der Waals surface area (Å²) in [6, 6.07) is 20.9. The average Bonchev–Trinajstić information content (AvgIpc) is 3.46. The van der Waals surface area contributed by atoms with Crippen LogP contribution in [0.25, 0.3) is 12.2 Å². The molecule has 0 saturated carbocycles. The molecule has 0 bridgehead atoms. The van der Waals surface area contributed by atoms with E-state index in [-0.39, 0.29) is 0 Å². The third-order valence-electron chi connectivity index (χ3n) is 8.74. The molecule has 174 valence electrons. The van der Waals surface area contributed by atoms with Crippen LogP contribution < -0.4 is 15.6 Å². The van der Waals surface area contributed by atoms with Crippen molar-refractivity contribution < 1.29 is 0 Å². The molecule has 0 radical (unpaired) electrons. The molecule has 4 aliphatic carbocycles. The first-order valence-corrected chi connectivity index (χ1v) is 15.5. The Morgan fingerprint density at radius 3 is 1.58 bits per heavy atom. The molecule has 0 heterocycles. The lowest BCUT2D eigenvalue weighted by Gasteiger charge is -2.36. The van der Waals surface area contributed by atoms with E-state index in [9.17, 15) is 0 Å². The fraction of sp³-hybridized carbons (Fsp3) is 0.143. The highest BCUT2D eigenvalue weighted by Gasteiger charge is 2.43. The molecule has 0 nitrogen and oxygen atoms in total. The first kappa shape index (κ1) is 21.6. The lowest BCUT2D eigenvalue weighted by Crippen LogP contribution is -2.67. The highest BCUT2D eigenvalue weighted by atomic mass is 28.3. The van der Waals surface area contributed by atoms with Crippen LogP contribution in [0.2, 0.25) is 6.55 Å². The lowest BCUT2D eigenvalue weighted by atomic mass is 9.92. The van der Waals surface area contributed by atoms with Gasteiger partial charge in [-0.05, 0) is 62.8 Å².